The predicted molar refractivity (Wildman–Crippen MR) is 73.1 cm³/mol. The SMILES string of the molecule is CC(C)(C)OOC(=O)OC(C)(C)C.OCCOCCO. The molecule has 0 unspecified atom stereocenters. The van der Waals surface area contributed by atoms with Crippen LogP contribution in [-0.2, 0) is 19.2 Å². The Morgan fingerprint density at radius 1 is 0.900 bits per heavy atom. The van der Waals surface area contributed by atoms with E-state index in [-0.39, 0.29) is 13.2 Å². The van der Waals surface area contributed by atoms with Gasteiger partial charge in [-0.2, -0.15) is 4.89 Å². The molecule has 122 valence electrons. The minimum absolute atomic E-state index is 0.0278. The monoisotopic (exact) mass is 296 g/mol. The second-order valence-corrected chi connectivity index (χ2v) is 5.80. The van der Waals surface area contributed by atoms with Crippen LogP contribution in [0.2, 0.25) is 0 Å². The molecule has 0 aromatic carbocycles. The van der Waals surface area contributed by atoms with E-state index < -0.39 is 17.4 Å². The zero-order valence-electron chi connectivity index (χ0n) is 13.3. The zero-order chi connectivity index (χ0) is 16.2. The molecule has 0 aliphatic carbocycles. The van der Waals surface area contributed by atoms with E-state index >= 15 is 0 Å². The summed E-state index contributed by atoms with van der Waals surface area (Å²) >= 11 is 0. The maximum absolute atomic E-state index is 10.9. The molecule has 0 saturated heterocycles. The Labute approximate surface area is 120 Å². The molecule has 2 N–H and O–H groups in total. The molecule has 0 aromatic rings. The topological polar surface area (TPSA) is 94.5 Å². The highest BCUT2D eigenvalue weighted by Gasteiger charge is 2.21. The van der Waals surface area contributed by atoms with E-state index in [1.807, 2.05) is 0 Å². The Morgan fingerprint density at radius 2 is 1.35 bits per heavy atom. The Bertz CT molecular complexity index is 236. The lowest BCUT2D eigenvalue weighted by Crippen LogP contribution is -2.28. The van der Waals surface area contributed by atoms with Crippen molar-refractivity contribution in [3.05, 3.63) is 0 Å². The van der Waals surface area contributed by atoms with Gasteiger partial charge < -0.3 is 19.7 Å². The first kappa shape index (κ1) is 21.4. The van der Waals surface area contributed by atoms with Gasteiger partial charge in [0.2, 0.25) is 0 Å². The third kappa shape index (κ3) is 22.3. The highest BCUT2D eigenvalue weighted by Crippen LogP contribution is 2.11. The number of ether oxygens (including phenoxy) is 2. The molecule has 0 rings (SSSR count). The fourth-order valence-corrected chi connectivity index (χ4v) is 0.657. The van der Waals surface area contributed by atoms with Crippen molar-refractivity contribution in [1.29, 1.82) is 0 Å². The fourth-order valence-electron chi connectivity index (χ4n) is 0.657. The molecule has 20 heavy (non-hydrogen) atoms. The predicted octanol–water partition coefficient (Wildman–Crippen LogP) is 1.66. The van der Waals surface area contributed by atoms with Crippen molar-refractivity contribution >= 4 is 6.16 Å². The summed E-state index contributed by atoms with van der Waals surface area (Å²) < 4.78 is 9.48. The lowest BCUT2D eigenvalue weighted by Gasteiger charge is -2.21. The lowest BCUT2D eigenvalue weighted by atomic mass is 10.2. The van der Waals surface area contributed by atoms with Crippen LogP contribution in [0.3, 0.4) is 0 Å². The van der Waals surface area contributed by atoms with E-state index in [1.54, 1.807) is 41.5 Å². The van der Waals surface area contributed by atoms with Crippen molar-refractivity contribution in [1.82, 2.24) is 0 Å². The quantitative estimate of drug-likeness (QED) is 0.345. The van der Waals surface area contributed by atoms with Crippen LogP contribution >= 0.6 is 0 Å². The van der Waals surface area contributed by atoms with Gasteiger partial charge in [0.15, 0.2) is 0 Å². The van der Waals surface area contributed by atoms with Crippen molar-refractivity contribution in [3.63, 3.8) is 0 Å². The summed E-state index contributed by atoms with van der Waals surface area (Å²) in [4.78, 5) is 20.1. The van der Waals surface area contributed by atoms with Gasteiger partial charge >= 0.3 is 6.16 Å². The van der Waals surface area contributed by atoms with Gasteiger partial charge in [-0.15, -0.1) is 0 Å². The summed E-state index contributed by atoms with van der Waals surface area (Å²) in [5.74, 6) is 0. The first-order chi connectivity index (χ1) is 9.02. The molecule has 0 radical (unpaired) electrons. The van der Waals surface area contributed by atoms with Gasteiger partial charge in [0.05, 0.1) is 26.4 Å². The molecule has 0 spiro atoms. The average molecular weight is 296 g/mol. The number of rotatable bonds is 5. The van der Waals surface area contributed by atoms with E-state index in [4.69, 9.17) is 19.8 Å². The third-order valence-electron chi connectivity index (χ3n) is 1.22. The first-order valence-corrected chi connectivity index (χ1v) is 6.40. The van der Waals surface area contributed by atoms with Crippen LogP contribution in [-0.4, -0.2) is 54.0 Å². The molecule has 0 heterocycles. The van der Waals surface area contributed by atoms with Gasteiger partial charge in [-0.3, -0.25) is 4.89 Å². The second-order valence-electron chi connectivity index (χ2n) is 5.80. The van der Waals surface area contributed by atoms with Crippen LogP contribution in [0, 0.1) is 0 Å². The van der Waals surface area contributed by atoms with Crippen LogP contribution in [0.15, 0.2) is 0 Å². The summed E-state index contributed by atoms with van der Waals surface area (Å²) in [5.41, 5.74) is -1.07. The molecule has 0 aromatic heterocycles. The number of hydrogen-bond acceptors (Lipinski definition) is 7. The van der Waals surface area contributed by atoms with Crippen molar-refractivity contribution in [3.8, 4) is 0 Å². The Morgan fingerprint density at radius 3 is 1.65 bits per heavy atom. The van der Waals surface area contributed by atoms with Crippen molar-refractivity contribution in [2.24, 2.45) is 0 Å². The smallest absolute Gasteiger partial charge is 0.427 e. The number of aliphatic hydroxyl groups excluding tert-OH is 2. The van der Waals surface area contributed by atoms with Crippen molar-refractivity contribution < 1.29 is 34.3 Å². The molecule has 7 heteroatoms. The minimum Gasteiger partial charge on any atom is -0.427 e. The fraction of sp³-hybridized carbons (Fsp3) is 0.923. The van der Waals surface area contributed by atoms with E-state index in [0.29, 0.717) is 13.2 Å². The Hall–Kier alpha value is -0.890. The van der Waals surface area contributed by atoms with E-state index in [1.165, 1.54) is 0 Å². The largest absolute Gasteiger partial charge is 0.540 e. The van der Waals surface area contributed by atoms with Gasteiger partial charge in [0.25, 0.3) is 0 Å². The summed E-state index contributed by atoms with van der Waals surface area (Å²) in [6, 6.07) is 0. The lowest BCUT2D eigenvalue weighted by molar-refractivity contribution is -0.315. The maximum Gasteiger partial charge on any atom is 0.540 e. The summed E-state index contributed by atoms with van der Waals surface area (Å²) in [6.45, 7) is 11.3. The van der Waals surface area contributed by atoms with Gasteiger partial charge in [-0.25, -0.2) is 4.79 Å². The standard InChI is InChI=1S/C9H18O4.C4H10O3/c1-8(2,3)11-7(10)12-13-9(4,5)6;5-1-3-7-4-2-6/h1-6H3;5-6H,1-4H2. The van der Waals surface area contributed by atoms with E-state index in [0.717, 1.165) is 0 Å². The van der Waals surface area contributed by atoms with Gasteiger partial charge in [-0.05, 0) is 41.5 Å². The number of hydrogen-bond donors (Lipinski definition) is 2. The molecular formula is C13H28O7. The highest BCUT2D eigenvalue weighted by atomic mass is 17.2. The summed E-state index contributed by atoms with van der Waals surface area (Å²) in [7, 11) is 0. The Kier molecular flexibility index (Phi) is 11.6. The van der Waals surface area contributed by atoms with Crippen molar-refractivity contribution in [2.45, 2.75) is 52.7 Å². The summed E-state index contributed by atoms with van der Waals surface area (Å²) in [6.07, 6.45) is -0.817. The molecule has 0 saturated carbocycles. The van der Waals surface area contributed by atoms with Crippen molar-refractivity contribution in [2.75, 3.05) is 26.4 Å². The van der Waals surface area contributed by atoms with Gasteiger partial charge in [0.1, 0.15) is 11.2 Å². The average Bonchev–Trinajstić information content (AvgIpc) is 2.25. The molecule has 0 atom stereocenters. The molecule has 7 nitrogen and oxygen atoms in total. The van der Waals surface area contributed by atoms with Crippen LogP contribution in [0.1, 0.15) is 41.5 Å². The number of carbonyl (C=O) groups excluding carboxylic acids is 1. The molecule has 0 amide bonds. The van der Waals surface area contributed by atoms with E-state index in [2.05, 4.69) is 9.62 Å². The Balaban J connectivity index is 0. The van der Waals surface area contributed by atoms with Crippen LogP contribution < -0.4 is 0 Å². The second kappa shape index (κ2) is 10.8. The van der Waals surface area contributed by atoms with Crippen LogP contribution in [0.5, 0.6) is 0 Å². The zero-order valence-corrected chi connectivity index (χ0v) is 13.3. The highest BCUT2D eigenvalue weighted by molar-refractivity contribution is 5.59. The molecule has 0 bridgehead atoms. The van der Waals surface area contributed by atoms with Crippen LogP contribution in [0.4, 0.5) is 4.79 Å². The van der Waals surface area contributed by atoms with Crippen LogP contribution in [0.25, 0.3) is 0 Å². The third-order valence-corrected chi connectivity index (χ3v) is 1.22. The normalized spacial score (nSPS) is 11.4. The molecule has 0 aliphatic heterocycles. The summed E-state index contributed by atoms with van der Waals surface area (Å²) in [5, 5.41) is 16.2. The maximum atomic E-state index is 10.9. The number of carbonyl (C=O) groups is 1. The van der Waals surface area contributed by atoms with Gasteiger partial charge in [0, 0.05) is 0 Å². The first-order valence-electron chi connectivity index (χ1n) is 6.40. The van der Waals surface area contributed by atoms with Gasteiger partial charge in [-0.1, -0.05) is 0 Å². The molecular weight excluding hydrogens is 268 g/mol. The van der Waals surface area contributed by atoms with E-state index in [9.17, 15) is 4.79 Å². The molecule has 0 fully saturated rings. The molecule has 0 aliphatic rings. The minimum atomic E-state index is -0.817. The number of aliphatic hydroxyl groups is 2.